The summed E-state index contributed by atoms with van der Waals surface area (Å²) in [6.45, 7) is 0. The highest BCUT2D eigenvalue weighted by Crippen LogP contribution is 2.29. The number of methoxy groups -OCH3 is 1. The number of hydrogen-bond donors (Lipinski definition) is 1. The number of hydrogen-bond acceptors (Lipinski definition) is 6. The average Bonchev–Trinajstić information content (AvgIpc) is 3.22. The zero-order valence-electron chi connectivity index (χ0n) is 15.4. The molecule has 10 heteroatoms. The molecular weight excluding hydrogens is 416 g/mol. The predicted molar refractivity (Wildman–Crippen MR) is 113 cm³/mol. The molecule has 0 bridgehead atoms. The molecule has 0 saturated heterocycles. The van der Waals surface area contributed by atoms with Crippen molar-refractivity contribution in [1.82, 2.24) is 9.55 Å². The van der Waals surface area contributed by atoms with E-state index >= 15 is 0 Å². The number of amides is 1. The molecule has 0 saturated carbocycles. The fourth-order valence-corrected chi connectivity index (χ4v) is 3.68. The fraction of sp³-hybridized carbons (Fsp3) is 0.158. The molecule has 3 rings (SSSR count). The molecule has 1 heterocycles. The summed E-state index contributed by atoms with van der Waals surface area (Å²) in [5, 5.41) is 14.4. The minimum absolute atomic E-state index is 0.0947. The maximum atomic E-state index is 12.2. The highest BCUT2D eigenvalue weighted by molar-refractivity contribution is 7.99. The van der Waals surface area contributed by atoms with E-state index in [-0.39, 0.29) is 23.1 Å². The maximum absolute atomic E-state index is 12.2. The topological polar surface area (TPSA) is 99.3 Å². The van der Waals surface area contributed by atoms with Crippen LogP contribution in [0.15, 0.2) is 55.1 Å². The first-order valence-electron chi connectivity index (χ1n) is 8.44. The van der Waals surface area contributed by atoms with E-state index in [4.69, 9.17) is 16.3 Å². The van der Waals surface area contributed by atoms with Crippen molar-refractivity contribution in [3.05, 3.63) is 75.8 Å². The molecule has 2 aromatic carbocycles. The van der Waals surface area contributed by atoms with Gasteiger partial charge in [0.25, 0.3) is 0 Å². The molecule has 0 aliphatic heterocycles. The van der Waals surface area contributed by atoms with Crippen molar-refractivity contribution >= 4 is 40.6 Å². The summed E-state index contributed by atoms with van der Waals surface area (Å²) in [6.07, 6.45) is 5.07. The summed E-state index contributed by atoms with van der Waals surface area (Å²) in [6, 6.07) is 9.98. The number of rotatable bonds is 8. The Balaban J connectivity index is 1.55. The molecule has 0 radical (unpaired) electrons. The number of benzene rings is 2. The third-order valence-electron chi connectivity index (χ3n) is 3.96. The normalized spacial score (nSPS) is 10.6. The molecule has 0 aliphatic carbocycles. The van der Waals surface area contributed by atoms with Gasteiger partial charge in [-0.1, -0.05) is 17.7 Å². The average molecular weight is 433 g/mol. The van der Waals surface area contributed by atoms with Gasteiger partial charge in [-0.25, -0.2) is 4.98 Å². The van der Waals surface area contributed by atoms with Crippen LogP contribution in [0.1, 0.15) is 5.56 Å². The number of nitro groups is 1. The summed E-state index contributed by atoms with van der Waals surface area (Å²) in [4.78, 5) is 26.8. The molecule has 1 aromatic heterocycles. The molecule has 1 N–H and O–H groups in total. The van der Waals surface area contributed by atoms with Crippen LogP contribution in [-0.4, -0.2) is 33.2 Å². The van der Waals surface area contributed by atoms with Crippen LogP contribution in [0.3, 0.4) is 0 Å². The van der Waals surface area contributed by atoms with Crippen molar-refractivity contribution in [1.29, 1.82) is 0 Å². The smallest absolute Gasteiger partial charge is 0.311 e. The Morgan fingerprint density at radius 1 is 1.34 bits per heavy atom. The summed E-state index contributed by atoms with van der Waals surface area (Å²) in [5.74, 6) is 0.668. The standard InChI is InChI=1S/C19H17ClN4O4S/c1-28-18-5-2-13(8-17(18)24(26)27)10-29-11-19(25)22-14-3-4-16(15(20)9-14)23-7-6-21-12-23/h2-9,12H,10-11H2,1H3,(H,22,25). The van der Waals surface area contributed by atoms with Crippen molar-refractivity contribution < 1.29 is 14.5 Å². The zero-order valence-corrected chi connectivity index (χ0v) is 16.9. The Hall–Kier alpha value is -3.04. The molecule has 0 atom stereocenters. The lowest BCUT2D eigenvalue weighted by Gasteiger charge is -2.09. The lowest BCUT2D eigenvalue weighted by atomic mass is 10.2. The second-order valence-electron chi connectivity index (χ2n) is 5.94. The van der Waals surface area contributed by atoms with Crippen LogP contribution in [0.25, 0.3) is 5.69 Å². The van der Waals surface area contributed by atoms with Gasteiger partial charge in [0.15, 0.2) is 5.75 Å². The molecule has 150 valence electrons. The van der Waals surface area contributed by atoms with E-state index in [2.05, 4.69) is 10.3 Å². The van der Waals surface area contributed by atoms with Gasteiger partial charge in [-0.05, 0) is 29.8 Å². The van der Waals surface area contributed by atoms with Gasteiger partial charge >= 0.3 is 5.69 Å². The first-order valence-corrected chi connectivity index (χ1v) is 9.98. The van der Waals surface area contributed by atoms with Crippen LogP contribution in [0.5, 0.6) is 5.75 Å². The van der Waals surface area contributed by atoms with Crippen LogP contribution in [0.4, 0.5) is 11.4 Å². The van der Waals surface area contributed by atoms with E-state index in [0.717, 1.165) is 11.3 Å². The maximum Gasteiger partial charge on any atom is 0.311 e. The Morgan fingerprint density at radius 3 is 2.83 bits per heavy atom. The number of carbonyl (C=O) groups is 1. The molecule has 0 aliphatic rings. The summed E-state index contributed by atoms with van der Waals surface area (Å²) >= 11 is 7.64. The predicted octanol–water partition coefficient (Wildman–Crippen LogP) is 4.31. The van der Waals surface area contributed by atoms with E-state index in [9.17, 15) is 14.9 Å². The number of aromatic nitrogens is 2. The van der Waals surface area contributed by atoms with Crippen molar-refractivity contribution in [2.24, 2.45) is 0 Å². The quantitative estimate of drug-likeness (QED) is 0.420. The van der Waals surface area contributed by atoms with E-state index in [1.54, 1.807) is 53.6 Å². The fourth-order valence-electron chi connectivity index (χ4n) is 2.62. The molecule has 3 aromatic rings. The lowest BCUT2D eigenvalue weighted by molar-refractivity contribution is -0.385. The van der Waals surface area contributed by atoms with Gasteiger partial charge in [0.1, 0.15) is 0 Å². The minimum Gasteiger partial charge on any atom is -0.490 e. The lowest BCUT2D eigenvalue weighted by Crippen LogP contribution is -2.14. The molecule has 0 spiro atoms. The Labute approximate surface area is 176 Å². The van der Waals surface area contributed by atoms with Gasteiger partial charge in [-0.15, -0.1) is 11.8 Å². The van der Waals surface area contributed by atoms with Crippen LogP contribution in [0.2, 0.25) is 5.02 Å². The Morgan fingerprint density at radius 2 is 2.17 bits per heavy atom. The van der Waals surface area contributed by atoms with Crippen LogP contribution < -0.4 is 10.1 Å². The largest absolute Gasteiger partial charge is 0.490 e. The number of imidazole rings is 1. The number of nitrogens with one attached hydrogen (secondary N) is 1. The number of thioether (sulfide) groups is 1. The zero-order chi connectivity index (χ0) is 20.8. The molecule has 0 unspecified atom stereocenters. The van der Waals surface area contributed by atoms with Gasteiger partial charge in [-0.3, -0.25) is 14.9 Å². The number of carbonyl (C=O) groups excluding carboxylic acids is 1. The van der Waals surface area contributed by atoms with E-state index in [1.165, 1.54) is 24.9 Å². The summed E-state index contributed by atoms with van der Waals surface area (Å²) < 4.78 is 6.76. The molecule has 8 nitrogen and oxygen atoms in total. The van der Waals surface area contributed by atoms with Gasteiger partial charge in [0, 0.05) is 29.9 Å². The van der Waals surface area contributed by atoms with Crippen molar-refractivity contribution in [2.45, 2.75) is 5.75 Å². The van der Waals surface area contributed by atoms with Crippen LogP contribution in [0, 0.1) is 10.1 Å². The van der Waals surface area contributed by atoms with Gasteiger partial charge in [0.2, 0.25) is 5.91 Å². The van der Waals surface area contributed by atoms with Crippen LogP contribution in [-0.2, 0) is 10.5 Å². The van der Waals surface area contributed by atoms with E-state index in [1.807, 2.05) is 0 Å². The van der Waals surface area contributed by atoms with E-state index < -0.39 is 4.92 Å². The Kier molecular flexibility index (Phi) is 6.73. The van der Waals surface area contributed by atoms with Crippen molar-refractivity contribution in [3.8, 4) is 11.4 Å². The third kappa shape index (κ3) is 5.27. The number of nitrogens with zero attached hydrogens (tertiary/aromatic N) is 3. The van der Waals surface area contributed by atoms with E-state index in [0.29, 0.717) is 16.5 Å². The summed E-state index contributed by atoms with van der Waals surface area (Å²) in [7, 11) is 1.38. The second-order valence-corrected chi connectivity index (χ2v) is 7.33. The van der Waals surface area contributed by atoms with Crippen molar-refractivity contribution in [3.63, 3.8) is 0 Å². The number of anilines is 1. The monoisotopic (exact) mass is 432 g/mol. The highest BCUT2D eigenvalue weighted by Gasteiger charge is 2.15. The van der Waals surface area contributed by atoms with Gasteiger partial charge in [-0.2, -0.15) is 0 Å². The molecule has 1 amide bonds. The third-order valence-corrected chi connectivity index (χ3v) is 5.26. The highest BCUT2D eigenvalue weighted by atomic mass is 35.5. The molecule has 29 heavy (non-hydrogen) atoms. The first kappa shape index (κ1) is 20.7. The molecular formula is C19H17ClN4O4S. The first-order chi connectivity index (χ1) is 14.0. The molecule has 0 fully saturated rings. The summed E-state index contributed by atoms with van der Waals surface area (Å²) in [5.41, 5.74) is 1.99. The van der Waals surface area contributed by atoms with Gasteiger partial charge in [0.05, 0.1) is 34.8 Å². The number of ether oxygens (including phenoxy) is 1. The van der Waals surface area contributed by atoms with Crippen molar-refractivity contribution in [2.75, 3.05) is 18.2 Å². The van der Waals surface area contributed by atoms with Crippen LogP contribution >= 0.6 is 23.4 Å². The number of nitro benzene ring substituents is 1. The SMILES string of the molecule is COc1ccc(CSCC(=O)Nc2ccc(-n3ccnc3)c(Cl)c2)cc1[N+](=O)[O-]. The Bertz CT molecular complexity index is 1030. The second kappa shape index (κ2) is 9.44. The van der Waals surface area contributed by atoms with Gasteiger partial charge < -0.3 is 14.6 Å². The number of halogens is 1. The minimum atomic E-state index is -0.489.